The third-order valence-corrected chi connectivity index (χ3v) is 4.74. The van der Waals surface area contributed by atoms with E-state index in [-0.39, 0.29) is 18.0 Å². The van der Waals surface area contributed by atoms with Gasteiger partial charge in [-0.25, -0.2) is 0 Å². The summed E-state index contributed by atoms with van der Waals surface area (Å²) in [5.41, 5.74) is 1.61. The smallest absolute Gasteiger partial charge is 0.299 e. The molecule has 0 bridgehead atoms. The van der Waals surface area contributed by atoms with Crippen molar-refractivity contribution in [2.75, 3.05) is 24.5 Å². The summed E-state index contributed by atoms with van der Waals surface area (Å²) in [5, 5.41) is 6.45. The molecule has 0 saturated carbocycles. The third-order valence-electron chi connectivity index (χ3n) is 4.74. The number of nitrogens with zero attached hydrogens (tertiary/aromatic N) is 2. The number of para-hydroxylation sites is 2. The third kappa shape index (κ3) is 2.91. The molecule has 6 nitrogen and oxygen atoms in total. The molecule has 23 heavy (non-hydrogen) atoms. The molecule has 2 N–H and O–H groups in total. The summed E-state index contributed by atoms with van der Waals surface area (Å²) in [6, 6.07) is 8.36. The van der Waals surface area contributed by atoms with Gasteiger partial charge in [0.25, 0.3) is 6.01 Å². The quantitative estimate of drug-likeness (QED) is 0.902. The molecule has 0 spiro atoms. The Balaban J connectivity index is 1.55. The van der Waals surface area contributed by atoms with Crippen LogP contribution < -0.4 is 15.5 Å². The molecular weight excluding hydrogens is 292 g/mol. The van der Waals surface area contributed by atoms with E-state index in [0.29, 0.717) is 6.01 Å². The number of carbonyl (C=O) groups excluding carboxylic acids is 1. The fourth-order valence-electron chi connectivity index (χ4n) is 3.49. The summed E-state index contributed by atoms with van der Waals surface area (Å²) >= 11 is 0. The molecule has 1 aromatic carbocycles. The Morgan fingerprint density at radius 2 is 2.22 bits per heavy atom. The monoisotopic (exact) mass is 314 g/mol. The second-order valence-corrected chi connectivity index (χ2v) is 6.37. The number of fused-ring (bicyclic) bond motifs is 1. The maximum atomic E-state index is 12.7. The summed E-state index contributed by atoms with van der Waals surface area (Å²) in [7, 11) is 0. The molecule has 2 fully saturated rings. The molecule has 2 aromatic rings. The van der Waals surface area contributed by atoms with Crippen molar-refractivity contribution >= 4 is 23.0 Å². The lowest BCUT2D eigenvalue weighted by Crippen LogP contribution is -2.52. The van der Waals surface area contributed by atoms with Gasteiger partial charge in [0, 0.05) is 19.1 Å². The van der Waals surface area contributed by atoms with E-state index >= 15 is 0 Å². The highest BCUT2D eigenvalue weighted by Gasteiger charge is 2.33. The maximum Gasteiger partial charge on any atom is 0.299 e. The molecule has 2 atom stereocenters. The Bertz CT molecular complexity index is 660. The van der Waals surface area contributed by atoms with Gasteiger partial charge in [0.15, 0.2) is 5.58 Å². The van der Waals surface area contributed by atoms with Gasteiger partial charge in [0.2, 0.25) is 5.91 Å². The van der Waals surface area contributed by atoms with E-state index in [9.17, 15) is 4.79 Å². The molecule has 1 aromatic heterocycles. The van der Waals surface area contributed by atoms with E-state index in [4.69, 9.17) is 4.42 Å². The summed E-state index contributed by atoms with van der Waals surface area (Å²) < 4.78 is 5.88. The number of piperidine rings is 1. The van der Waals surface area contributed by atoms with Crippen molar-refractivity contribution in [2.24, 2.45) is 0 Å². The fraction of sp³-hybridized carbons (Fsp3) is 0.529. The van der Waals surface area contributed by atoms with E-state index in [2.05, 4.69) is 15.6 Å². The Hall–Kier alpha value is -2.08. The summed E-state index contributed by atoms with van der Waals surface area (Å²) in [5.74, 6) is 0.0978. The zero-order chi connectivity index (χ0) is 15.6. The van der Waals surface area contributed by atoms with Crippen LogP contribution in [0, 0.1) is 0 Å². The van der Waals surface area contributed by atoms with Crippen molar-refractivity contribution in [3.8, 4) is 0 Å². The molecule has 0 aliphatic carbocycles. The lowest BCUT2D eigenvalue weighted by Gasteiger charge is -2.34. The van der Waals surface area contributed by atoms with Crippen molar-refractivity contribution < 1.29 is 9.21 Å². The molecule has 2 unspecified atom stereocenters. The minimum Gasteiger partial charge on any atom is -0.423 e. The number of rotatable bonds is 3. The molecule has 2 aliphatic rings. The predicted molar refractivity (Wildman–Crippen MR) is 88.4 cm³/mol. The first-order valence-electron chi connectivity index (χ1n) is 8.44. The van der Waals surface area contributed by atoms with E-state index in [1.54, 1.807) is 0 Å². The van der Waals surface area contributed by atoms with Gasteiger partial charge in [-0.1, -0.05) is 12.1 Å². The first-order chi connectivity index (χ1) is 11.3. The standard InChI is InChI=1S/C17H22N4O2/c22-16(19-12-8-9-18-11-12)14-6-3-4-10-21(14)17-20-13-5-1-2-7-15(13)23-17/h1-2,5,7,12,14,18H,3-4,6,8-11H2,(H,19,22). The zero-order valence-electron chi connectivity index (χ0n) is 13.1. The van der Waals surface area contributed by atoms with Crippen LogP contribution in [0.25, 0.3) is 11.1 Å². The van der Waals surface area contributed by atoms with Crippen LogP contribution in [0.3, 0.4) is 0 Å². The Labute approximate surface area is 135 Å². The van der Waals surface area contributed by atoms with Crippen LogP contribution in [0.2, 0.25) is 0 Å². The van der Waals surface area contributed by atoms with Gasteiger partial charge in [0.1, 0.15) is 11.6 Å². The Morgan fingerprint density at radius 1 is 1.30 bits per heavy atom. The van der Waals surface area contributed by atoms with Gasteiger partial charge in [-0.05, 0) is 44.4 Å². The second kappa shape index (κ2) is 6.20. The zero-order valence-corrected chi connectivity index (χ0v) is 13.1. The van der Waals surface area contributed by atoms with E-state index in [1.165, 1.54) is 0 Å². The van der Waals surface area contributed by atoms with Gasteiger partial charge in [-0.2, -0.15) is 4.98 Å². The number of benzene rings is 1. The van der Waals surface area contributed by atoms with Crippen molar-refractivity contribution in [1.82, 2.24) is 15.6 Å². The second-order valence-electron chi connectivity index (χ2n) is 6.37. The highest BCUT2D eigenvalue weighted by Crippen LogP contribution is 2.27. The predicted octanol–water partition coefficient (Wildman–Crippen LogP) is 1.66. The molecule has 122 valence electrons. The lowest BCUT2D eigenvalue weighted by atomic mass is 10.0. The summed E-state index contributed by atoms with van der Waals surface area (Å²) in [6.07, 6.45) is 3.98. The molecule has 1 amide bonds. The van der Waals surface area contributed by atoms with Crippen LogP contribution in [0.5, 0.6) is 0 Å². The molecule has 0 radical (unpaired) electrons. The average molecular weight is 314 g/mol. The van der Waals surface area contributed by atoms with Crippen LogP contribution in [0.15, 0.2) is 28.7 Å². The van der Waals surface area contributed by atoms with Crippen LogP contribution in [-0.2, 0) is 4.79 Å². The molecule has 2 aliphatic heterocycles. The number of hydrogen-bond acceptors (Lipinski definition) is 5. The van der Waals surface area contributed by atoms with Crippen molar-refractivity contribution in [1.29, 1.82) is 0 Å². The van der Waals surface area contributed by atoms with Gasteiger partial charge in [-0.15, -0.1) is 0 Å². The van der Waals surface area contributed by atoms with E-state index in [0.717, 1.165) is 56.4 Å². The largest absolute Gasteiger partial charge is 0.423 e. The molecule has 3 heterocycles. The van der Waals surface area contributed by atoms with Gasteiger partial charge in [-0.3, -0.25) is 4.79 Å². The first-order valence-corrected chi connectivity index (χ1v) is 8.44. The molecule has 4 rings (SSSR count). The van der Waals surface area contributed by atoms with E-state index in [1.807, 2.05) is 29.2 Å². The van der Waals surface area contributed by atoms with Crippen molar-refractivity contribution in [2.45, 2.75) is 37.8 Å². The molecule has 6 heteroatoms. The van der Waals surface area contributed by atoms with Crippen LogP contribution in [0.1, 0.15) is 25.7 Å². The SMILES string of the molecule is O=C(NC1CCNC1)C1CCCCN1c1nc2ccccc2o1. The van der Waals surface area contributed by atoms with Gasteiger partial charge >= 0.3 is 0 Å². The minimum absolute atomic E-state index is 0.0978. The number of oxazole rings is 1. The number of amides is 1. The molecule has 2 saturated heterocycles. The number of anilines is 1. The highest BCUT2D eigenvalue weighted by molar-refractivity contribution is 5.85. The number of nitrogens with one attached hydrogen (secondary N) is 2. The Kier molecular flexibility index (Phi) is 3.91. The number of hydrogen-bond donors (Lipinski definition) is 2. The topological polar surface area (TPSA) is 70.4 Å². The Morgan fingerprint density at radius 3 is 3.04 bits per heavy atom. The van der Waals surface area contributed by atoms with E-state index < -0.39 is 0 Å². The van der Waals surface area contributed by atoms with Crippen LogP contribution >= 0.6 is 0 Å². The highest BCUT2D eigenvalue weighted by atomic mass is 16.4. The maximum absolute atomic E-state index is 12.7. The number of carbonyl (C=O) groups is 1. The average Bonchev–Trinajstić information content (AvgIpc) is 3.23. The minimum atomic E-state index is -0.183. The molecular formula is C17H22N4O2. The first kappa shape index (κ1) is 14.5. The van der Waals surface area contributed by atoms with Gasteiger partial charge in [0.05, 0.1) is 0 Å². The number of aromatic nitrogens is 1. The van der Waals surface area contributed by atoms with Crippen molar-refractivity contribution in [3.05, 3.63) is 24.3 Å². The fourth-order valence-corrected chi connectivity index (χ4v) is 3.49. The normalized spacial score (nSPS) is 25.0. The van der Waals surface area contributed by atoms with Crippen LogP contribution in [-0.4, -0.2) is 42.6 Å². The van der Waals surface area contributed by atoms with Crippen LogP contribution in [0.4, 0.5) is 6.01 Å². The van der Waals surface area contributed by atoms with Gasteiger partial charge < -0.3 is 20.0 Å². The summed E-state index contributed by atoms with van der Waals surface area (Å²) in [4.78, 5) is 19.3. The lowest BCUT2D eigenvalue weighted by molar-refractivity contribution is -0.123. The van der Waals surface area contributed by atoms with Crippen molar-refractivity contribution in [3.63, 3.8) is 0 Å². The summed E-state index contributed by atoms with van der Waals surface area (Å²) in [6.45, 7) is 2.65.